The van der Waals surface area contributed by atoms with Gasteiger partial charge in [0.15, 0.2) is 0 Å². The average Bonchev–Trinajstić information content (AvgIpc) is 3.16. The highest BCUT2D eigenvalue weighted by Gasteiger charge is 2.43. The monoisotopic (exact) mass is 514 g/mol. The minimum atomic E-state index is -4.41. The molecule has 2 aliphatic rings. The van der Waals surface area contributed by atoms with E-state index in [9.17, 15) is 22.8 Å². The van der Waals surface area contributed by atoms with Crippen LogP contribution in [0.4, 0.5) is 29.5 Å². The second kappa shape index (κ2) is 9.65. The fourth-order valence-corrected chi connectivity index (χ4v) is 5.45. The van der Waals surface area contributed by atoms with Crippen molar-refractivity contribution in [2.45, 2.75) is 48.5 Å². The summed E-state index contributed by atoms with van der Waals surface area (Å²) >= 11 is -0.244. The van der Waals surface area contributed by atoms with Crippen molar-refractivity contribution in [2.24, 2.45) is 0 Å². The van der Waals surface area contributed by atoms with Crippen LogP contribution in [0.5, 0.6) is 0 Å². The fourth-order valence-electron chi connectivity index (χ4n) is 4.91. The number of imide groups is 1. The number of fused-ring (bicyclic) bond motifs is 1. The van der Waals surface area contributed by atoms with Gasteiger partial charge in [0.05, 0.1) is 11.2 Å². The Hall–Kier alpha value is -3.27. The summed E-state index contributed by atoms with van der Waals surface area (Å²) < 4.78 is 38.0. The Balaban J connectivity index is 1.44. The van der Waals surface area contributed by atoms with Crippen molar-refractivity contribution in [3.63, 3.8) is 0 Å². The maximum absolute atomic E-state index is 13.4. The van der Waals surface area contributed by atoms with E-state index in [1.54, 1.807) is 0 Å². The summed E-state index contributed by atoms with van der Waals surface area (Å²) in [5.74, 6) is 0.0636. The molecule has 2 aromatic carbocycles. The van der Waals surface area contributed by atoms with Crippen LogP contribution >= 0.6 is 11.8 Å². The van der Waals surface area contributed by atoms with Gasteiger partial charge in [0.25, 0.3) is 5.91 Å². The van der Waals surface area contributed by atoms with Crippen LogP contribution in [0, 0.1) is 0 Å². The third-order valence-corrected chi connectivity index (χ3v) is 7.44. The van der Waals surface area contributed by atoms with Crippen LogP contribution in [0.3, 0.4) is 0 Å². The second-order valence-corrected chi connectivity index (χ2v) is 10.2. The van der Waals surface area contributed by atoms with Gasteiger partial charge in [-0.1, -0.05) is 25.1 Å². The number of alkyl halides is 3. The lowest BCUT2D eigenvalue weighted by molar-refractivity contribution is -0.118. The molecule has 1 aromatic heterocycles. The molecule has 1 N–H and O–H groups in total. The lowest BCUT2D eigenvalue weighted by Crippen LogP contribution is -2.35. The number of thioether (sulfide) groups is 1. The zero-order valence-corrected chi connectivity index (χ0v) is 20.4. The van der Waals surface area contributed by atoms with Gasteiger partial charge >= 0.3 is 11.5 Å². The normalized spacial score (nSPS) is 19.6. The van der Waals surface area contributed by atoms with Gasteiger partial charge in [0, 0.05) is 29.3 Å². The number of pyridine rings is 1. The van der Waals surface area contributed by atoms with E-state index in [4.69, 9.17) is 4.98 Å². The number of carbonyl (C=O) groups is 2. The first-order chi connectivity index (χ1) is 17.2. The number of urea groups is 1. The Bertz CT molecular complexity index is 1290. The Kier molecular flexibility index (Phi) is 6.55. The van der Waals surface area contributed by atoms with Crippen molar-refractivity contribution in [3.8, 4) is 0 Å². The quantitative estimate of drug-likeness (QED) is 0.331. The molecule has 0 bridgehead atoms. The van der Waals surface area contributed by atoms with E-state index in [0.717, 1.165) is 53.1 Å². The number of halogens is 3. The molecule has 2 unspecified atom stereocenters. The van der Waals surface area contributed by atoms with Gasteiger partial charge in [-0.25, -0.2) is 14.7 Å². The number of piperidine rings is 1. The second-order valence-electron chi connectivity index (χ2n) is 9.07. The highest BCUT2D eigenvalue weighted by Crippen LogP contribution is 2.38. The molecule has 10 heteroatoms. The van der Waals surface area contributed by atoms with Gasteiger partial charge in [-0.15, -0.1) is 0 Å². The zero-order valence-electron chi connectivity index (χ0n) is 19.6. The Morgan fingerprint density at radius 3 is 2.42 bits per heavy atom. The van der Waals surface area contributed by atoms with Crippen LogP contribution in [0.1, 0.15) is 37.7 Å². The molecular formula is C26H25F3N4O2S. The molecule has 36 heavy (non-hydrogen) atoms. The van der Waals surface area contributed by atoms with E-state index < -0.39 is 23.5 Å². The lowest BCUT2D eigenvalue weighted by atomic mass is 9.90. The molecule has 2 fully saturated rings. The van der Waals surface area contributed by atoms with Gasteiger partial charge in [-0.3, -0.25) is 4.79 Å². The van der Waals surface area contributed by atoms with Crippen LogP contribution in [-0.2, 0) is 4.79 Å². The minimum Gasteiger partial charge on any atom is -0.357 e. The van der Waals surface area contributed by atoms with E-state index >= 15 is 0 Å². The van der Waals surface area contributed by atoms with E-state index in [1.165, 1.54) is 30.7 Å². The molecule has 3 amide bonds. The molecular weight excluding hydrogens is 489 g/mol. The molecule has 5 rings (SSSR count). The van der Waals surface area contributed by atoms with Crippen LogP contribution in [0.15, 0.2) is 59.5 Å². The molecule has 3 heterocycles. The number of anilines is 2. The van der Waals surface area contributed by atoms with Gasteiger partial charge in [-0.2, -0.15) is 13.2 Å². The summed E-state index contributed by atoms with van der Waals surface area (Å²) in [6, 6.07) is 13.6. The van der Waals surface area contributed by atoms with Gasteiger partial charge < -0.3 is 10.2 Å². The predicted molar refractivity (Wildman–Crippen MR) is 134 cm³/mol. The summed E-state index contributed by atoms with van der Waals surface area (Å²) in [6.07, 6.45) is 3.40. The summed E-state index contributed by atoms with van der Waals surface area (Å²) in [7, 11) is 0. The molecule has 3 aromatic rings. The minimum absolute atomic E-state index is 0.0169. The van der Waals surface area contributed by atoms with E-state index in [1.807, 2.05) is 37.3 Å². The largest absolute Gasteiger partial charge is 0.446 e. The molecule has 0 aliphatic carbocycles. The fraction of sp³-hybridized carbons (Fsp3) is 0.346. The summed E-state index contributed by atoms with van der Waals surface area (Å²) in [6.45, 7) is 3.75. The number of hydrogen-bond donors (Lipinski definition) is 1. The number of nitrogens with one attached hydrogen (secondary N) is 1. The third kappa shape index (κ3) is 4.86. The molecule has 6 nitrogen and oxygen atoms in total. The maximum atomic E-state index is 13.4. The van der Waals surface area contributed by atoms with Gasteiger partial charge in [0.2, 0.25) is 0 Å². The standard InChI is InChI=1S/C26H25F3N4O2S/c1-16(20-15-22(32-13-5-2-6-14-32)30-21-8-4-3-7-19(20)21)23-24(34)33(25(35)31-23)17-9-11-18(12-10-17)36-26(27,28)29/h3-4,7-12,15-16,23H,2,5-6,13-14H2,1H3,(H,31,35). The molecule has 0 radical (unpaired) electrons. The van der Waals surface area contributed by atoms with E-state index in [2.05, 4.69) is 10.2 Å². The van der Waals surface area contributed by atoms with Crippen molar-refractivity contribution in [3.05, 3.63) is 60.2 Å². The van der Waals surface area contributed by atoms with Gasteiger partial charge in [-0.05, 0) is 73.0 Å². The summed E-state index contributed by atoms with van der Waals surface area (Å²) in [5.41, 5.74) is -2.44. The van der Waals surface area contributed by atoms with Crippen molar-refractivity contribution in [1.82, 2.24) is 10.3 Å². The first kappa shape index (κ1) is 24.4. The van der Waals surface area contributed by atoms with Crippen molar-refractivity contribution in [2.75, 3.05) is 22.9 Å². The Morgan fingerprint density at radius 1 is 1.03 bits per heavy atom. The Morgan fingerprint density at radius 2 is 1.72 bits per heavy atom. The highest BCUT2D eigenvalue weighted by atomic mass is 32.2. The van der Waals surface area contributed by atoms with E-state index in [-0.39, 0.29) is 28.3 Å². The number of carbonyl (C=O) groups excluding carboxylic acids is 2. The van der Waals surface area contributed by atoms with Crippen molar-refractivity contribution >= 4 is 46.1 Å². The lowest BCUT2D eigenvalue weighted by Gasteiger charge is -2.29. The number of rotatable bonds is 5. The molecule has 188 valence electrons. The van der Waals surface area contributed by atoms with Crippen molar-refractivity contribution < 1.29 is 22.8 Å². The number of aromatic nitrogens is 1. The molecule has 2 saturated heterocycles. The summed E-state index contributed by atoms with van der Waals surface area (Å²) in [5, 5.41) is 3.70. The van der Waals surface area contributed by atoms with Crippen molar-refractivity contribution in [1.29, 1.82) is 0 Å². The number of hydrogen-bond acceptors (Lipinski definition) is 5. The highest BCUT2D eigenvalue weighted by molar-refractivity contribution is 8.00. The molecule has 0 spiro atoms. The maximum Gasteiger partial charge on any atom is 0.446 e. The third-order valence-electron chi connectivity index (χ3n) is 6.70. The predicted octanol–water partition coefficient (Wildman–Crippen LogP) is 6.07. The topological polar surface area (TPSA) is 65.5 Å². The van der Waals surface area contributed by atoms with Crippen LogP contribution in [0.25, 0.3) is 10.9 Å². The first-order valence-electron chi connectivity index (χ1n) is 11.9. The smallest absolute Gasteiger partial charge is 0.357 e. The Labute approximate surface area is 210 Å². The molecule has 2 atom stereocenters. The summed E-state index contributed by atoms with van der Waals surface area (Å²) in [4.78, 5) is 34.3. The zero-order chi connectivity index (χ0) is 25.4. The van der Waals surface area contributed by atoms with Gasteiger partial charge in [0.1, 0.15) is 11.9 Å². The number of amides is 3. The number of nitrogens with zero attached hydrogens (tertiary/aromatic N) is 3. The SMILES string of the molecule is CC(c1cc(N2CCCCC2)nc2ccccc12)C1NC(=O)N(c2ccc(SC(F)(F)F)cc2)C1=O. The first-order valence-corrected chi connectivity index (χ1v) is 12.7. The van der Waals surface area contributed by atoms with Crippen LogP contribution < -0.4 is 15.1 Å². The van der Waals surface area contributed by atoms with Crippen LogP contribution in [0.2, 0.25) is 0 Å². The number of para-hydroxylation sites is 1. The van der Waals surface area contributed by atoms with E-state index in [0.29, 0.717) is 0 Å². The van der Waals surface area contributed by atoms with Crippen LogP contribution in [-0.4, -0.2) is 41.6 Å². The number of benzene rings is 2. The molecule has 2 aliphatic heterocycles. The average molecular weight is 515 g/mol. The molecule has 0 saturated carbocycles.